The molecule has 2 unspecified atom stereocenters. The van der Waals surface area contributed by atoms with Crippen molar-refractivity contribution in [3.63, 3.8) is 0 Å². The van der Waals surface area contributed by atoms with E-state index in [-0.39, 0.29) is 35.7 Å². The predicted octanol–water partition coefficient (Wildman–Crippen LogP) is 2.65. The van der Waals surface area contributed by atoms with Gasteiger partial charge in [-0.3, -0.25) is 4.98 Å². The Hall–Kier alpha value is -3.20. The number of aliphatic hydroxyl groups is 2. The molecule has 1 heterocycles. The molecule has 160 valence electrons. The smallest absolute Gasteiger partial charge is 0.407 e. The zero-order valence-electron chi connectivity index (χ0n) is 16.4. The molecule has 0 fully saturated rings. The van der Waals surface area contributed by atoms with Gasteiger partial charge in [0, 0.05) is 12.5 Å². The number of fused-ring (bicyclic) bond motifs is 3. The second-order valence-electron chi connectivity index (χ2n) is 7.18. The number of nitrogen functional groups attached to an aromatic ring is 1. The second-order valence-corrected chi connectivity index (χ2v) is 7.57. The normalized spacial score (nSPS) is 14.4. The first-order valence-corrected chi connectivity index (χ1v) is 10.1. The highest BCUT2D eigenvalue weighted by molar-refractivity contribution is 6.29. The molecule has 0 aliphatic heterocycles. The molecule has 8 nitrogen and oxygen atoms in total. The van der Waals surface area contributed by atoms with E-state index in [9.17, 15) is 15.0 Å². The molecule has 31 heavy (non-hydrogen) atoms. The molecule has 9 heteroatoms. The van der Waals surface area contributed by atoms with Crippen LogP contribution >= 0.6 is 11.6 Å². The fourth-order valence-electron chi connectivity index (χ4n) is 3.75. The van der Waals surface area contributed by atoms with E-state index in [0.717, 1.165) is 22.3 Å². The molecule has 2 atom stereocenters. The molecular weight excluding hydrogens is 420 g/mol. The SMILES string of the molecule is Nc1nc(Cl)cnc1C(O)C(O)CNC(=O)OCC1c2ccccc2-c2ccccc21. The van der Waals surface area contributed by atoms with Gasteiger partial charge in [-0.15, -0.1) is 0 Å². The fraction of sp³-hybridized carbons (Fsp3) is 0.227. The summed E-state index contributed by atoms with van der Waals surface area (Å²) in [4.78, 5) is 19.9. The minimum atomic E-state index is -1.45. The molecule has 2 aromatic carbocycles. The van der Waals surface area contributed by atoms with Gasteiger partial charge in [-0.05, 0) is 22.3 Å². The lowest BCUT2D eigenvalue weighted by Crippen LogP contribution is -2.36. The fourth-order valence-corrected chi connectivity index (χ4v) is 3.89. The molecule has 0 spiro atoms. The number of aliphatic hydroxyl groups excluding tert-OH is 2. The average Bonchev–Trinajstić information content (AvgIpc) is 3.09. The Morgan fingerprint density at radius 2 is 1.74 bits per heavy atom. The Labute approximate surface area is 183 Å². The van der Waals surface area contributed by atoms with Gasteiger partial charge in [0.05, 0.1) is 6.20 Å². The summed E-state index contributed by atoms with van der Waals surface area (Å²) < 4.78 is 5.40. The summed E-state index contributed by atoms with van der Waals surface area (Å²) in [6.07, 6.45) is -2.30. The van der Waals surface area contributed by atoms with Gasteiger partial charge in [0.2, 0.25) is 0 Å². The Balaban J connectivity index is 1.35. The number of hydrogen-bond donors (Lipinski definition) is 4. The highest BCUT2D eigenvalue weighted by Crippen LogP contribution is 2.44. The summed E-state index contributed by atoms with van der Waals surface area (Å²) in [6, 6.07) is 16.0. The van der Waals surface area contributed by atoms with Gasteiger partial charge in [-0.1, -0.05) is 60.1 Å². The molecule has 1 aliphatic carbocycles. The van der Waals surface area contributed by atoms with Gasteiger partial charge >= 0.3 is 6.09 Å². The summed E-state index contributed by atoms with van der Waals surface area (Å²) in [5, 5.41) is 22.9. The number of aromatic nitrogens is 2. The van der Waals surface area contributed by atoms with Gasteiger partial charge in [-0.2, -0.15) is 0 Å². The number of amides is 1. The standard InChI is InChI=1S/C22H21ClN4O4/c23-18-10-25-19(21(24)27-18)20(29)17(28)9-26-22(30)31-11-16-14-7-3-1-5-12(14)13-6-2-4-8-15(13)16/h1-8,10,16-17,20,28-29H,9,11H2,(H2,24,27)(H,26,30). The Morgan fingerprint density at radius 1 is 1.13 bits per heavy atom. The number of carbonyl (C=O) groups is 1. The van der Waals surface area contributed by atoms with Crippen molar-refractivity contribution in [2.75, 3.05) is 18.9 Å². The van der Waals surface area contributed by atoms with Crippen LogP contribution in [0, 0.1) is 0 Å². The number of alkyl carbamates (subject to hydrolysis) is 1. The van der Waals surface area contributed by atoms with E-state index in [1.807, 2.05) is 36.4 Å². The van der Waals surface area contributed by atoms with Crippen molar-refractivity contribution in [1.82, 2.24) is 15.3 Å². The van der Waals surface area contributed by atoms with Crippen LogP contribution in [0.2, 0.25) is 5.15 Å². The van der Waals surface area contributed by atoms with E-state index in [1.54, 1.807) is 0 Å². The van der Waals surface area contributed by atoms with E-state index in [1.165, 1.54) is 6.20 Å². The van der Waals surface area contributed by atoms with Crippen molar-refractivity contribution in [2.45, 2.75) is 18.1 Å². The molecule has 0 saturated carbocycles. The Morgan fingerprint density at radius 3 is 2.35 bits per heavy atom. The van der Waals surface area contributed by atoms with Crippen LogP contribution < -0.4 is 11.1 Å². The van der Waals surface area contributed by atoms with Crippen LogP contribution in [0.25, 0.3) is 11.1 Å². The molecule has 1 amide bonds. The van der Waals surface area contributed by atoms with Crippen LogP contribution in [-0.2, 0) is 4.74 Å². The summed E-state index contributed by atoms with van der Waals surface area (Å²) in [5.41, 5.74) is 10.1. The van der Waals surface area contributed by atoms with Gasteiger partial charge in [0.15, 0.2) is 0 Å². The van der Waals surface area contributed by atoms with Gasteiger partial charge in [-0.25, -0.2) is 9.78 Å². The molecule has 0 bridgehead atoms. The van der Waals surface area contributed by atoms with Crippen LogP contribution in [0.15, 0.2) is 54.7 Å². The first-order chi connectivity index (χ1) is 15.0. The van der Waals surface area contributed by atoms with Crippen molar-refractivity contribution in [3.8, 4) is 11.1 Å². The second kappa shape index (κ2) is 8.89. The third-order valence-corrected chi connectivity index (χ3v) is 5.43. The van der Waals surface area contributed by atoms with Gasteiger partial charge in [0.1, 0.15) is 35.5 Å². The topological polar surface area (TPSA) is 131 Å². The first-order valence-electron chi connectivity index (χ1n) is 9.68. The molecule has 1 aliphatic rings. The van der Waals surface area contributed by atoms with Crippen LogP contribution in [0.4, 0.5) is 10.6 Å². The maximum Gasteiger partial charge on any atom is 0.407 e. The summed E-state index contributed by atoms with van der Waals surface area (Å²) in [7, 11) is 0. The van der Waals surface area contributed by atoms with E-state index < -0.39 is 18.3 Å². The lowest BCUT2D eigenvalue weighted by Gasteiger charge is -2.19. The number of ether oxygens (including phenoxy) is 1. The first kappa shape index (κ1) is 21.0. The maximum absolute atomic E-state index is 12.2. The summed E-state index contributed by atoms with van der Waals surface area (Å²) >= 11 is 5.68. The van der Waals surface area contributed by atoms with E-state index in [2.05, 4.69) is 27.4 Å². The number of halogens is 1. The van der Waals surface area contributed by atoms with Crippen LogP contribution in [0.1, 0.15) is 28.8 Å². The average molecular weight is 441 g/mol. The third kappa shape index (κ3) is 4.32. The lowest BCUT2D eigenvalue weighted by atomic mass is 9.98. The van der Waals surface area contributed by atoms with E-state index in [4.69, 9.17) is 22.1 Å². The largest absolute Gasteiger partial charge is 0.449 e. The molecular formula is C22H21ClN4O4. The van der Waals surface area contributed by atoms with Crippen LogP contribution in [0.5, 0.6) is 0 Å². The number of benzene rings is 2. The predicted molar refractivity (Wildman–Crippen MR) is 115 cm³/mol. The zero-order valence-corrected chi connectivity index (χ0v) is 17.2. The zero-order chi connectivity index (χ0) is 22.0. The maximum atomic E-state index is 12.2. The number of rotatable bonds is 6. The van der Waals surface area contributed by atoms with Crippen molar-refractivity contribution in [1.29, 1.82) is 0 Å². The summed E-state index contributed by atoms with van der Waals surface area (Å²) in [5.74, 6) is -0.169. The van der Waals surface area contributed by atoms with E-state index >= 15 is 0 Å². The highest BCUT2D eigenvalue weighted by Gasteiger charge is 2.29. The number of nitrogens with one attached hydrogen (secondary N) is 1. The number of nitrogens with zero attached hydrogens (tertiary/aromatic N) is 2. The van der Waals surface area contributed by atoms with Crippen molar-refractivity contribution < 1.29 is 19.7 Å². The third-order valence-electron chi connectivity index (χ3n) is 5.24. The highest BCUT2D eigenvalue weighted by atomic mass is 35.5. The molecule has 0 saturated heterocycles. The quantitative estimate of drug-likeness (QED) is 0.463. The van der Waals surface area contributed by atoms with E-state index in [0.29, 0.717) is 0 Å². The Bertz CT molecular complexity index is 1060. The molecule has 5 N–H and O–H groups in total. The molecule has 1 aromatic heterocycles. The van der Waals surface area contributed by atoms with Crippen molar-refractivity contribution in [3.05, 3.63) is 76.7 Å². The summed E-state index contributed by atoms with van der Waals surface area (Å²) in [6.45, 7) is -0.115. The minimum Gasteiger partial charge on any atom is -0.449 e. The number of hydrogen-bond acceptors (Lipinski definition) is 7. The Kier molecular flexibility index (Phi) is 6.03. The molecule has 0 radical (unpaired) electrons. The van der Waals surface area contributed by atoms with Crippen molar-refractivity contribution >= 4 is 23.5 Å². The molecule has 4 rings (SSSR count). The van der Waals surface area contributed by atoms with Crippen LogP contribution in [0.3, 0.4) is 0 Å². The number of nitrogens with two attached hydrogens (primary N) is 1. The monoisotopic (exact) mass is 440 g/mol. The lowest BCUT2D eigenvalue weighted by molar-refractivity contribution is 0.0163. The van der Waals surface area contributed by atoms with Gasteiger partial charge in [0.25, 0.3) is 0 Å². The van der Waals surface area contributed by atoms with Gasteiger partial charge < -0.3 is 26.0 Å². The number of carbonyl (C=O) groups excluding carboxylic acids is 1. The molecule has 3 aromatic rings. The minimum absolute atomic E-state index is 0.0220. The van der Waals surface area contributed by atoms with Crippen LogP contribution in [-0.4, -0.2) is 45.5 Å². The number of anilines is 1. The van der Waals surface area contributed by atoms with Crippen molar-refractivity contribution in [2.24, 2.45) is 0 Å².